The largest absolute Gasteiger partial charge is 0.368 e. The number of fused-ring (bicyclic) bond motifs is 1. The molecule has 13 nitrogen and oxygen atoms in total. The predicted octanol–water partition coefficient (Wildman–Crippen LogP) is 4.16. The number of benzene rings is 1. The summed E-state index contributed by atoms with van der Waals surface area (Å²) < 4.78 is 2.11. The summed E-state index contributed by atoms with van der Waals surface area (Å²) in [7, 11) is 3.55. The average molecular weight is 637 g/mol. The number of nitrogens with one attached hydrogen (secondary N) is 2. The van der Waals surface area contributed by atoms with E-state index in [4.69, 9.17) is 4.98 Å². The molecule has 2 N–H and O–H groups in total. The van der Waals surface area contributed by atoms with Crippen molar-refractivity contribution in [2.24, 2.45) is 0 Å². The molecule has 1 saturated carbocycles. The van der Waals surface area contributed by atoms with Crippen LogP contribution in [0.25, 0.3) is 11.0 Å². The first kappa shape index (κ1) is 30.6. The Morgan fingerprint density at radius 3 is 2.49 bits per heavy atom. The Morgan fingerprint density at radius 2 is 1.77 bits per heavy atom. The summed E-state index contributed by atoms with van der Waals surface area (Å²) in [6, 6.07) is 13.7. The normalized spacial score (nSPS) is 17.7. The highest BCUT2D eigenvalue weighted by Gasteiger charge is 2.28. The van der Waals surface area contributed by atoms with Crippen molar-refractivity contribution < 1.29 is 14.4 Å². The summed E-state index contributed by atoms with van der Waals surface area (Å²) in [5.74, 6) is 0.834. The quantitative estimate of drug-likeness (QED) is 0.293. The van der Waals surface area contributed by atoms with Gasteiger partial charge in [0.15, 0.2) is 0 Å². The maximum Gasteiger partial charge on any atom is 0.328 e. The van der Waals surface area contributed by atoms with Crippen molar-refractivity contribution in [1.29, 1.82) is 0 Å². The Morgan fingerprint density at radius 1 is 0.979 bits per heavy atom. The third kappa shape index (κ3) is 6.35. The van der Waals surface area contributed by atoms with E-state index in [1.807, 2.05) is 36.5 Å². The molecular formula is C34H40N10O3. The smallest absolute Gasteiger partial charge is 0.328 e. The van der Waals surface area contributed by atoms with Gasteiger partial charge in [0.25, 0.3) is 5.91 Å². The molecule has 244 valence electrons. The van der Waals surface area contributed by atoms with Crippen LogP contribution in [0.4, 0.5) is 27.9 Å². The number of piperazine rings is 1. The number of urea groups is 1. The second-order valence-corrected chi connectivity index (χ2v) is 12.7. The summed E-state index contributed by atoms with van der Waals surface area (Å²) in [6.07, 6.45) is 8.33. The second kappa shape index (κ2) is 13.0. The number of carbonyl (C=O) groups excluding carboxylic acids is 3. The van der Waals surface area contributed by atoms with Crippen LogP contribution in [0.5, 0.6) is 0 Å². The van der Waals surface area contributed by atoms with E-state index in [0.29, 0.717) is 30.4 Å². The summed E-state index contributed by atoms with van der Waals surface area (Å²) in [5, 5.41) is 6.54. The first-order valence-electron chi connectivity index (χ1n) is 16.3. The molecule has 1 aromatic carbocycles. The molecule has 2 aliphatic heterocycles. The lowest BCUT2D eigenvalue weighted by Crippen LogP contribution is -2.50. The van der Waals surface area contributed by atoms with Gasteiger partial charge in [0.1, 0.15) is 17.2 Å². The molecule has 5 heterocycles. The molecule has 0 atom stereocenters. The van der Waals surface area contributed by atoms with E-state index in [-0.39, 0.29) is 23.9 Å². The molecule has 4 amide bonds. The Bertz CT molecular complexity index is 1790. The van der Waals surface area contributed by atoms with Crippen LogP contribution >= 0.6 is 0 Å². The molecule has 0 radical (unpaired) electrons. The number of para-hydroxylation sites is 1. The van der Waals surface area contributed by atoms with E-state index in [2.05, 4.69) is 47.1 Å². The second-order valence-electron chi connectivity index (χ2n) is 12.7. The molecule has 0 spiro atoms. The summed E-state index contributed by atoms with van der Waals surface area (Å²) in [6.45, 7) is 4.54. The summed E-state index contributed by atoms with van der Waals surface area (Å²) in [5.41, 5.74) is 4.39. The number of rotatable bonds is 8. The minimum atomic E-state index is -0.361. The number of aromatic nitrogens is 4. The van der Waals surface area contributed by atoms with Gasteiger partial charge in [-0.3, -0.25) is 24.7 Å². The molecule has 47 heavy (non-hydrogen) atoms. The molecule has 0 unspecified atom stereocenters. The standard InChI is InChI=1S/C34H40N10O3/c1-40(2)32(46)28-19-24-20-36-33(39-31(24)44(28)25-8-4-5-9-25)37-29-12-11-26(21-35-29)42-17-15-41(16-18-42)22-23-7-3-6-10-27(23)43-14-13-30(45)38-34(43)47/h3,6-7,10-12,19-21,25H,4-5,8-9,13-18,22H2,1-2H3,(H,38,45,47)(H,35,36,37,39). The van der Waals surface area contributed by atoms with E-state index in [1.165, 1.54) is 0 Å². The maximum atomic E-state index is 13.0. The van der Waals surface area contributed by atoms with Crippen LogP contribution in [0, 0.1) is 0 Å². The SMILES string of the molecule is CN(C)C(=O)c1cc2cnc(Nc3ccc(N4CCN(Cc5ccccc5N5CCC(=O)NC5=O)CC4)cn3)nc2n1C1CCCC1. The zero-order chi connectivity index (χ0) is 32.5. The van der Waals surface area contributed by atoms with Crippen molar-refractivity contribution >= 4 is 52.0 Å². The van der Waals surface area contributed by atoms with Crippen LogP contribution in [0.2, 0.25) is 0 Å². The fourth-order valence-electron chi connectivity index (χ4n) is 6.86. The van der Waals surface area contributed by atoms with Gasteiger partial charge >= 0.3 is 6.03 Å². The molecule has 1 aliphatic carbocycles. The van der Waals surface area contributed by atoms with Gasteiger partial charge in [-0.25, -0.2) is 14.8 Å². The molecule has 3 aromatic heterocycles. The molecule has 13 heteroatoms. The highest BCUT2D eigenvalue weighted by Crippen LogP contribution is 2.35. The van der Waals surface area contributed by atoms with E-state index in [0.717, 1.165) is 86.4 Å². The first-order valence-corrected chi connectivity index (χ1v) is 16.3. The Hall–Kier alpha value is -5.04. The van der Waals surface area contributed by atoms with Gasteiger partial charge in [-0.15, -0.1) is 0 Å². The number of anilines is 4. The molecule has 4 aromatic rings. The molecule has 3 fully saturated rings. The average Bonchev–Trinajstić information content (AvgIpc) is 3.74. The lowest BCUT2D eigenvalue weighted by molar-refractivity contribution is -0.120. The molecular weight excluding hydrogens is 596 g/mol. The minimum Gasteiger partial charge on any atom is -0.368 e. The maximum absolute atomic E-state index is 13.0. The van der Waals surface area contributed by atoms with Gasteiger partial charge in [0.2, 0.25) is 11.9 Å². The molecule has 2 saturated heterocycles. The van der Waals surface area contributed by atoms with Gasteiger partial charge in [0, 0.05) is 83.1 Å². The van der Waals surface area contributed by atoms with Crippen LogP contribution in [0.3, 0.4) is 0 Å². The number of hydrogen-bond acceptors (Lipinski definition) is 9. The van der Waals surface area contributed by atoms with Gasteiger partial charge in [-0.05, 0) is 42.7 Å². The fourth-order valence-corrected chi connectivity index (χ4v) is 6.86. The topological polar surface area (TPSA) is 132 Å². The van der Waals surface area contributed by atoms with Crippen LogP contribution in [0.1, 0.15) is 54.2 Å². The van der Waals surface area contributed by atoms with Crippen molar-refractivity contribution in [2.45, 2.75) is 44.7 Å². The Balaban J connectivity index is 0.995. The van der Waals surface area contributed by atoms with Crippen molar-refractivity contribution in [3.05, 3.63) is 66.1 Å². The van der Waals surface area contributed by atoms with Crippen LogP contribution in [-0.2, 0) is 11.3 Å². The first-order chi connectivity index (χ1) is 22.8. The van der Waals surface area contributed by atoms with Crippen molar-refractivity contribution in [3.63, 3.8) is 0 Å². The fraction of sp³-hybridized carbons (Fsp3) is 0.412. The highest BCUT2D eigenvalue weighted by atomic mass is 16.2. The number of nitrogens with zero attached hydrogens (tertiary/aromatic N) is 8. The van der Waals surface area contributed by atoms with Crippen molar-refractivity contribution in [3.8, 4) is 0 Å². The summed E-state index contributed by atoms with van der Waals surface area (Å²) in [4.78, 5) is 59.2. The van der Waals surface area contributed by atoms with E-state index < -0.39 is 0 Å². The van der Waals surface area contributed by atoms with E-state index in [9.17, 15) is 14.4 Å². The highest BCUT2D eigenvalue weighted by molar-refractivity contribution is 6.06. The molecule has 3 aliphatic rings. The van der Waals surface area contributed by atoms with Gasteiger partial charge in [-0.2, -0.15) is 4.98 Å². The zero-order valence-electron chi connectivity index (χ0n) is 26.9. The van der Waals surface area contributed by atoms with Crippen LogP contribution in [0.15, 0.2) is 54.9 Å². The lowest BCUT2D eigenvalue weighted by Gasteiger charge is -2.37. The third-order valence-corrected chi connectivity index (χ3v) is 9.35. The van der Waals surface area contributed by atoms with Gasteiger partial charge in [-0.1, -0.05) is 31.0 Å². The van der Waals surface area contributed by atoms with Gasteiger partial charge < -0.3 is 19.7 Å². The molecule has 0 bridgehead atoms. The van der Waals surface area contributed by atoms with Crippen molar-refractivity contribution in [1.82, 2.24) is 34.6 Å². The van der Waals surface area contributed by atoms with E-state index in [1.54, 1.807) is 30.1 Å². The minimum absolute atomic E-state index is 0.0301. The third-order valence-electron chi connectivity index (χ3n) is 9.35. The number of carbonyl (C=O) groups is 3. The zero-order valence-corrected chi connectivity index (χ0v) is 26.9. The number of imide groups is 1. The Kier molecular flexibility index (Phi) is 8.46. The Labute approximate surface area is 273 Å². The van der Waals surface area contributed by atoms with Crippen molar-refractivity contribution in [2.75, 3.05) is 61.9 Å². The number of pyridine rings is 1. The monoisotopic (exact) mass is 636 g/mol. The summed E-state index contributed by atoms with van der Waals surface area (Å²) >= 11 is 0. The molecule has 7 rings (SSSR count). The lowest BCUT2D eigenvalue weighted by atomic mass is 10.1. The van der Waals surface area contributed by atoms with Crippen LogP contribution in [-0.4, -0.2) is 94.0 Å². The van der Waals surface area contributed by atoms with Gasteiger partial charge in [0.05, 0.1) is 11.9 Å². The van der Waals surface area contributed by atoms with Crippen LogP contribution < -0.4 is 20.4 Å². The number of amides is 4. The predicted molar refractivity (Wildman–Crippen MR) is 180 cm³/mol. The van der Waals surface area contributed by atoms with E-state index >= 15 is 0 Å². The number of hydrogen-bond donors (Lipinski definition) is 2.